The molecule has 32 heavy (non-hydrogen) atoms. The number of aromatic nitrogens is 3. The van der Waals surface area contributed by atoms with E-state index in [4.69, 9.17) is 0 Å². The number of nitrogens with zero attached hydrogens (tertiary/aromatic N) is 5. The van der Waals surface area contributed by atoms with Crippen LogP contribution in [0, 0.1) is 16.0 Å². The molecule has 1 aromatic carbocycles. The lowest BCUT2D eigenvalue weighted by Gasteiger charge is -2.31. The molecule has 1 saturated carbocycles. The van der Waals surface area contributed by atoms with E-state index in [1.165, 1.54) is 36.0 Å². The van der Waals surface area contributed by atoms with Crippen LogP contribution in [0.5, 0.6) is 0 Å². The van der Waals surface area contributed by atoms with E-state index in [1.807, 2.05) is 0 Å². The Morgan fingerprint density at radius 2 is 1.81 bits per heavy atom. The molecule has 1 aromatic heterocycles. The number of benzene rings is 1. The predicted molar refractivity (Wildman–Crippen MR) is 118 cm³/mol. The van der Waals surface area contributed by atoms with Crippen molar-refractivity contribution in [2.45, 2.75) is 43.8 Å². The number of carbonyl (C=O) groups excluding carboxylic acids is 2. The predicted octanol–water partition coefficient (Wildman–Crippen LogP) is 2.31. The Morgan fingerprint density at radius 3 is 2.44 bits per heavy atom. The second kappa shape index (κ2) is 9.55. The van der Waals surface area contributed by atoms with Crippen molar-refractivity contribution in [3.05, 3.63) is 39.9 Å². The van der Waals surface area contributed by atoms with E-state index in [0.29, 0.717) is 11.2 Å². The summed E-state index contributed by atoms with van der Waals surface area (Å²) in [4.78, 5) is 36.8. The molecule has 2 N–H and O–H groups in total. The third kappa shape index (κ3) is 5.18. The first-order valence-electron chi connectivity index (χ1n) is 10.6. The van der Waals surface area contributed by atoms with Crippen molar-refractivity contribution in [1.82, 2.24) is 25.6 Å². The van der Waals surface area contributed by atoms with Crippen LogP contribution in [0.4, 0.5) is 11.6 Å². The Labute approximate surface area is 189 Å². The monoisotopic (exact) mass is 459 g/mol. The number of nitro groups is 1. The van der Waals surface area contributed by atoms with Crippen LogP contribution in [0.25, 0.3) is 0 Å². The summed E-state index contributed by atoms with van der Waals surface area (Å²) in [6.45, 7) is 4.20. The van der Waals surface area contributed by atoms with Gasteiger partial charge in [0.1, 0.15) is 0 Å². The van der Waals surface area contributed by atoms with Gasteiger partial charge in [-0.15, -0.1) is 10.2 Å². The van der Waals surface area contributed by atoms with Gasteiger partial charge >= 0.3 is 0 Å². The summed E-state index contributed by atoms with van der Waals surface area (Å²) in [5.41, 5.74) is 4.78. The van der Waals surface area contributed by atoms with Gasteiger partial charge in [-0.25, -0.2) is 0 Å². The molecule has 2 aliphatic rings. The van der Waals surface area contributed by atoms with Crippen LogP contribution in [-0.2, 0) is 4.79 Å². The summed E-state index contributed by atoms with van der Waals surface area (Å²) in [6.07, 6.45) is 4.44. The van der Waals surface area contributed by atoms with Crippen LogP contribution in [0.3, 0.4) is 0 Å². The standard InChI is InChI=1S/C20H25N7O4S/c1-13-8-10-25(11-9-13)19-23-24-20(26(19)15-6-7-15)32-12-17(28)21-22-18(29)14-2-4-16(5-3-14)27(30)31/h2-5,13,15H,6-12H2,1H3,(H,21,28)(H,22,29). The summed E-state index contributed by atoms with van der Waals surface area (Å²) in [5.74, 6) is 0.739. The molecule has 4 rings (SSSR count). The molecule has 170 valence electrons. The maximum atomic E-state index is 12.2. The van der Waals surface area contributed by atoms with Gasteiger partial charge < -0.3 is 4.90 Å². The lowest BCUT2D eigenvalue weighted by molar-refractivity contribution is -0.384. The fourth-order valence-corrected chi connectivity index (χ4v) is 4.34. The van der Waals surface area contributed by atoms with Gasteiger partial charge in [-0.1, -0.05) is 18.7 Å². The number of anilines is 1. The third-order valence-corrected chi connectivity index (χ3v) is 6.56. The molecule has 12 heteroatoms. The highest BCUT2D eigenvalue weighted by Gasteiger charge is 2.32. The molecule has 0 bridgehead atoms. The third-order valence-electron chi connectivity index (χ3n) is 5.61. The number of hydrazine groups is 1. The van der Waals surface area contributed by atoms with E-state index in [1.54, 1.807) is 0 Å². The number of piperidine rings is 1. The van der Waals surface area contributed by atoms with Crippen molar-refractivity contribution in [3.63, 3.8) is 0 Å². The number of carbonyl (C=O) groups is 2. The quantitative estimate of drug-likeness (QED) is 0.366. The van der Waals surface area contributed by atoms with E-state index in [-0.39, 0.29) is 22.9 Å². The van der Waals surface area contributed by atoms with Crippen molar-refractivity contribution in [2.24, 2.45) is 5.92 Å². The zero-order valence-corrected chi connectivity index (χ0v) is 18.5. The van der Waals surface area contributed by atoms with Crippen molar-refractivity contribution in [2.75, 3.05) is 23.7 Å². The molecule has 0 spiro atoms. The minimum atomic E-state index is -0.555. The van der Waals surface area contributed by atoms with E-state index in [0.717, 1.165) is 50.6 Å². The van der Waals surface area contributed by atoms with E-state index >= 15 is 0 Å². The van der Waals surface area contributed by atoms with Crippen molar-refractivity contribution in [3.8, 4) is 0 Å². The van der Waals surface area contributed by atoms with Gasteiger partial charge in [0.15, 0.2) is 5.16 Å². The fraction of sp³-hybridized carbons (Fsp3) is 0.500. The van der Waals surface area contributed by atoms with Gasteiger partial charge in [0.05, 0.1) is 10.7 Å². The molecule has 0 unspecified atom stereocenters. The lowest BCUT2D eigenvalue weighted by atomic mass is 10.00. The first kappa shape index (κ1) is 22.1. The molecule has 2 fully saturated rings. The summed E-state index contributed by atoms with van der Waals surface area (Å²) in [6, 6.07) is 5.51. The van der Waals surface area contributed by atoms with Crippen LogP contribution in [0.15, 0.2) is 29.4 Å². The summed E-state index contributed by atoms with van der Waals surface area (Å²) >= 11 is 1.29. The molecule has 2 aromatic rings. The minimum absolute atomic E-state index is 0.0719. The fourth-order valence-electron chi connectivity index (χ4n) is 3.54. The topological polar surface area (TPSA) is 135 Å². The van der Waals surface area contributed by atoms with Gasteiger partial charge in [-0.05, 0) is 43.7 Å². The summed E-state index contributed by atoms with van der Waals surface area (Å²) in [5, 5.41) is 20.1. The van der Waals surface area contributed by atoms with E-state index in [9.17, 15) is 19.7 Å². The van der Waals surface area contributed by atoms with Gasteiger partial charge in [0.25, 0.3) is 11.6 Å². The van der Waals surface area contributed by atoms with Gasteiger partial charge in [-0.3, -0.25) is 35.1 Å². The number of nitrogens with one attached hydrogen (secondary N) is 2. The number of non-ortho nitro benzene ring substituents is 1. The van der Waals surface area contributed by atoms with Gasteiger partial charge in [-0.2, -0.15) is 0 Å². The molecular formula is C20H25N7O4S. The number of nitro benzene ring substituents is 1. The van der Waals surface area contributed by atoms with Gasteiger partial charge in [0.2, 0.25) is 11.9 Å². The second-order valence-corrected chi connectivity index (χ2v) is 9.09. The Balaban J connectivity index is 1.30. The average Bonchev–Trinajstić information content (AvgIpc) is 3.55. The van der Waals surface area contributed by atoms with Crippen molar-refractivity contribution < 1.29 is 14.5 Å². The van der Waals surface area contributed by atoms with Crippen LogP contribution >= 0.6 is 11.8 Å². The molecule has 1 aliphatic heterocycles. The second-order valence-electron chi connectivity index (χ2n) is 8.15. The smallest absolute Gasteiger partial charge is 0.269 e. The lowest BCUT2D eigenvalue weighted by Crippen LogP contribution is -2.42. The number of hydrogen-bond acceptors (Lipinski definition) is 8. The largest absolute Gasteiger partial charge is 0.341 e. The normalized spacial score (nSPS) is 16.6. The van der Waals surface area contributed by atoms with E-state index in [2.05, 4.69) is 37.4 Å². The highest BCUT2D eigenvalue weighted by atomic mass is 32.2. The number of thioether (sulfide) groups is 1. The molecule has 2 heterocycles. The Morgan fingerprint density at radius 1 is 1.12 bits per heavy atom. The maximum Gasteiger partial charge on any atom is 0.269 e. The van der Waals surface area contributed by atoms with Crippen LogP contribution in [0.1, 0.15) is 49.0 Å². The number of hydrogen-bond donors (Lipinski definition) is 2. The average molecular weight is 460 g/mol. The summed E-state index contributed by atoms with van der Waals surface area (Å²) in [7, 11) is 0. The van der Waals surface area contributed by atoms with Crippen molar-refractivity contribution in [1.29, 1.82) is 0 Å². The molecule has 11 nitrogen and oxygen atoms in total. The highest BCUT2D eigenvalue weighted by molar-refractivity contribution is 7.99. The summed E-state index contributed by atoms with van der Waals surface area (Å²) < 4.78 is 2.14. The van der Waals surface area contributed by atoms with Crippen LogP contribution in [0.2, 0.25) is 0 Å². The Hall–Kier alpha value is -3.15. The Bertz CT molecular complexity index is 998. The highest BCUT2D eigenvalue weighted by Crippen LogP contribution is 2.41. The zero-order chi connectivity index (χ0) is 22.7. The number of rotatable bonds is 7. The maximum absolute atomic E-state index is 12.2. The minimum Gasteiger partial charge on any atom is -0.341 e. The first-order valence-corrected chi connectivity index (χ1v) is 11.6. The molecule has 0 atom stereocenters. The first-order chi connectivity index (χ1) is 15.4. The Kier molecular flexibility index (Phi) is 6.58. The molecule has 1 saturated heterocycles. The van der Waals surface area contributed by atoms with Gasteiger partial charge in [0, 0.05) is 36.8 Å². The molecule has 2 amide bonds. The molecular weight excluding hydrogens is 434 g/mol. The number of amides is 2. The van der Waals surface area contributed by atoms with Crippen LogP contribution in [-0.4, -0.2) is 50.3 Å². The molecule has 0 radical (unpaired) electrons. The SMILES string of the molecule is CC1CCN(c2nnc(SCC(=O)NNC(=O)c3ccc([N+](=O)[O-])cc3)n2C2CC2)CC1. The zero-order valence-electron chi connectivity index (χ0n) is 17.7. The molecule has 1 aliphatic carbocycles. The van der Waals surface area contributed by atoms with Crippen LogP contribution < -0.4 is 15.8 Å². The van der Waals surface area contributed by atoms with E-state index < -0.39 is 10.8 Å². The van der Waals surface area contributed by atoms with Crippen molar-refractivity contribution >= 4 is 35.2 Å².